The number of halogens is 24. The molecular formula is C19H19F23INO3. The van der Waals surface area contributed by atoms with Crippen molar-refractivity contribution in [3.05, 3.63) is 0 Å². The van der Waals surface area contributed by atoms with Gasteiger partial charge in [0.2, 0.25) is 0 Å². The molecule has 0 spiro atoms. The zero-order valence-electron chi connectivity index (χ0n) is 21.9. The molecule has 0 saturated carbocycles. The fraction of sp³-hybridized carbons (Fsp3) is 1.00. The molecule has 47 heavy (non-hydrogen) atoms. The van der Waals surface area contributed by atoms with Gasteiger partial charge in [0.25, 0.3) is 0 Å². The minimum atomic E-state index is -9.53. The van der Waals surface area contributed by atoms with E-state index >= 15 is 0 Å². The van der Waals surface area contributed by atoms with Crippen LogP contribution in [-0.2, 0) is 0 Å². The molecule has 0 aliphatic carbocycles. The van der Waals surface area contributed by atoms with Crippen LogP contribution in [0.1, 0.15) is 12.8 Å². The second-order valence-electron chi connectivity index (χ2n) is 9.47. The lowest BCUT2D eigenvalue weighted by molar-refractivity contribution is -0.901. The summed E-state index contributed by atoms with van der Waals surface area (Å²) in [4.78, 5) is -0.0380. The lowest BCUT2D eigenvalue weighted by atomic mass is 9.82. The summed E-state index contributed by atoms with van der Waals surface area (Å²) >= 11 is 0. The summed E-state index contributed by atoms with van der Waals surface area (Å²) in [5.74, 6) is -71.2. The van der Waals surface area contributed by atoms with E-state index in [4.69, 9.17) is 10.2 Å². The molecular weight excluding hydrogens is 854 g/mol. The highest BCUT2D eigenvalue weighted by Crippen LogP contribution is 2.68. The minimum Gasteiger partial charge on any atom is -1.00 e. The van der Waals surface area contributed by atoms with Crippen molar-refractivity contribution in [2.24, 2.45) is 0 Å². The largest absolute Gasteiger partial charge is 1.00 e. The first-order valence-electron chi connectivity index (χ1n) is 11.5. The number of aliphatic hydroxyl groups is 3. The van der Waals surface area contributed by atoms with Crippen LogP contribution in [0.5, 0.6) is 0 Å². The average Bonchev–Trinajstić information content (AvgIpc) is 2.84. The normalized spacial score (nSPS) is 16.4. The maximum absolute atomic E-state index is 14.0. The zero-order chi connectivity index (χ0) is 37.6. The van der Waals surface area contributed by atoms with E-state index in [2.05, 4.69) is 0 Å². The van der Waals surface area contributed by atoms with Crippen LogP contribution in [0.15, 0.2) is 0 Å². The maximum Gasteiger partial charge on any atom is 0.438 e. The SMILES string of the molecule is OCC[NH+](CCO)CCC(O)CC(F)(F)C(F)(F)C(F)(F)C(F)(F)C(F)(F)C(F)(F)C(F)(F)C(F)(F)C(F)(C(F)(F)F)C(F)(F)F.[I-]. The summed E-state index contributed by atoms with van der Waals surface area (Å²) in [6.45, 7) is -2.90. The van der Waals surface area contributed by atoms with Crippen molar-refractivity contribution in [2.45, 2.75) is 84.3 Å². The van der Waals surface area contributed by atoms with Gasteiger partial charge < -0.3 is 44.2 Å². The standard InChI is InChI=1S/C19H18F23NO3.HI/c20-9(21,7-8(46)1-2-43(3-5-44)4-6-45)11(23,24)13(27,28)15(31,32)17(35,36)16(33,34)14(29,30)12(25,26)10(22,18(37,38)39)19(40,41)42;/h8,44-46H,1-7H2;1H. The van der Waals surface area contributed by atoms with Crippen molar-refractivity contribution in [3.63, 3.8) is 0 Å². The number of nitrogens with one attached hydrogen (secondary N) is 1. The third kappa shape index (κ3) is 7.53. The van der Waals surface area contributed by atoms with Crippen LogP contribution in [0.3, 0.4) is 0 Å². The molecule has 0 heterocycles. The van der Waals surface area contributed by atoms with Crippen LogP contribution in [0, 0.1) is 0 Å². The Bertz CT molecular complexity index is 995. The Hall–Kier alpha value is -1.04. The molecule has 0 bridgehead atoms. The molecule has 0 aliphatic heterocycles. The van der Waals surface area contributed by atoms with Crippen LogP contribution in [0.4, 0.5) is 101 Å². The molecule has 4 N–H and O–H groups in total. The Morgan fingerprint density at radius 1 is 0.426 bits per heavy atom. The molecule has 0 amide bonds. The second-order valence-corrected chi connectivity index (χ2v) is 9.47. The first kappa shape index (κ1) is 48.1. The van der Waals surface area contributed by atoms with E-state index in [-0.39, 0.29) is 42.0 Å². The van der Waals surface area contributed by atoms with Gasteiger partial charge >= 0.3 is 65.4 Å². The molecule has 1 unspecified atom stereocenters. The molecule has 0 fully saturated rings. The summed E-state index contributed by atoms with van der Waals surface area (Å²) < 4.78 is 310. The monoisotopic (exact) mass is 873 g/mol. The number of alkyl halides is 23. The molecule has 0 rings (SSSR count). The third-order valence-corrected chi connectivity index (χ3v) is 6.29. The second kappa shape index (κ2) is 14.3. The molecule has 0 aliphatic rings. The molecule has 0 radical (unpaired) electrons. The number of hydrogen-bond acceptors (Lipinski definition) is 3. The van der Waals surface area contributed by atoms with E-state index in [1.54, 1.807) is 0 Å². The minimum absolute atomic E-state index is 0. The van der Waals surface area contributed by atoms with Crippen LogP contribution in [0.25, 0.3) is 0 Å². The smallest absolute Gasteiger partial charge is 0.438 e. The first-order valence-corrected chi connectivity index (χ1v) is 11.5. The van der Waals surface area contributed by atoms with Gasteiger partial charge in [-0.25, -0.2) is 4.39 Å². The zero-order valence-corrected chi connectivity index (χ0v) is 24.1. The van der Waals surface area contributed by atoms with E-state index < -0.39 is 104 Å². The molecule has 0 aromatic rings. The van der Waals surface area contributed by atoms with Crippen LogP contribution < -0.4 is 28.9 Å². The Morgan fingerprint density at radius 2 is 0.702 bits per heavy atom. The maximum atomic E-state index is 14.0. The van der Waals surface area contributed by atoms with Gasteiger partial charge in [-0.05, 0) is 0 Å². The molecule has 0 aromatic heterocycles. The highest BCUT2D eigenvalue weighted by Gasteiger charge is 3.00. The van der Waals surface area contributed by atoms with E-state index in [0.717, 1.165) is 0 Å². The predicted octanol–water partition coefficient (Wildman–Crippen LogP) is 1.92. The fourth-order valence-corrected chi connectivity index (χ4v) is 3.54. The number of quaternary nitrogens is 1. The highest BCUT2D eigenvalue weighted by molar-refractivity contribution is 5.20. The summed E-state index contributed by atoms with van der Waals surface area (Å²) in [5.41, 5.74) is -9.06. The quantitative estimate of drug-likeness (QED) is 0.134. The first-order chi connectivity index (χ1) is 19.9. The topological polar surface area (TPSA) is 65.1 Å². The Labute approximate surface area is 262 Å². The van der Waals surface area contributed by atoms with E-state index in [1.807, 2.05) is 0 Å². The van der Waals surface area contributed by atoms with Gasteiger partial charge in [0, 0.05) is 12.8 Å². The van der Waals surface area contributed by atoms with Gasteiger partial charge in [-0.3, -0.25) is 0 Å². The van der Waals surface area contributed by atoms with Crippen LogP contribution in [0.2, 0.25) is 0 Å². The van der Waals surface area contributed by atoms with Gasteiger partial charge in [-0.15, -0.1) is 0 Å². The van der Waals surface area contributed by atoms with E-state index in [1.165, 1.54) is 0 Å². The molecule has 1 atom stereocenters. The van der Waals surface area contributed by atoms with Crippen molar-refractivity contribution in [1.82, 2.24) is 0 Å². The Kier molecular flexibility index (Phi) is 14.6. The lowest BCUT2D eigenvalue weighted by Crippen LogP contribution is -3.13. The Morgan fingerprint density at radius 3 is 0.979 bits per heavy atom. The van der Waals surface area contributed by atoms with Crippen LogP contribution in [-0.4, -0.2) is 120 Å². The highest BCUT2D eigenvalue weighted by atomic mass is 127. The van der Waals surface area contributed by atoms with Crippen molar-refractivity contribution in [1.29, 1.82) is 0 Å². The van der Waals surface area contributed by atoms with Gasteiger partial charge in [0.1, 0.15) is 13.1 Å². The van der Waals surface area contributed by atoms with Crippen LogP contribution >= 0.6 is 0 Å². The van der Waals surface area contributed by atoms with Crippen molar-refractivity contribution >= 4 is 0 Å². The van der Waals surface area contributed by atoms with Crippen molar-refractivity contribution < 1.29 is 145 Å². The van der Waals surface area contributed by atoms with Gasteiger partial charge in [-0.2, -0.15) is 96.6 Å². The van der Waals surface area contributed by atoms with E-state index in [9.17, 15) is 106 Å². The summed E-state index contributed by atoms with van der Waals surface area (Å²) in [6.07, 6.45) is -24.6. The summed E-state index contributed by atoms with van der Waals surface area (Å²) in [5, 5.41) is 27.0. The molecule has 0 aromatic carbocycles. The molecule has 286 valence electrons. The fourth-order valence-electron chi connectivity index (χ4n) is 3.54. The van der Waals surface area contributed by atoms with Gasteiger partial charge in [0.15, 0.2) is 0 Å². The number of rotatable bonds is 17. The molecule has 4 nitrogen and oxygen atoms in total. The molecule has 0 saturated heterocycles. The lowest BCUT2D eigenvalue weighted by Gasteiger charge is -2.46. The summed E-state index contributed by atoms with van der Waals surface area (Å²) in [7, 11) is 0. The van der Waals surface area contributed by atoms with Crippen molar-refractivity contribution in [3.8, 4) is 0 Å². The average molecular weight is 873 g/mol. The summed E-state index contributed by atoms with van der Waals surface area (Å²) in [6, 6.07) is 0. The van der Waals surface area contributed by atoms with Gasteiger partial charge in [-0.1, -0.05) is 0 Å². The predicted molar refractivity (Wildman–Crippen MR) is 101 cm³/mol. The molecule has 28 heteroatoms. The van der Waals surface area contributed by atoms with Crippen molar-refractivity contribution in [2.75, 3.05) is 32.8 Å². The number of aliphatic hydroxyl groups excluding tert-OH is 3. The number of hydrogen-bond donors (Lipinski definition) is 4. The third-order valence-electron chi connectivity index (χ3n) is 6.29. The van der Waals surface area contributed by atoms with E-state index in [0.29, 0.717) is 0 Å². The Balaban J connectivity index is 0. The van der Waals surface area contributed by atoms with Gasteiger partial charge in [0.05, 0.1) is 25.9 Å².